The molecule has 0 amide bonds. The molecule has 2 aromatic heterocycles. The van der Waals surface area contributed by atoms with E-state index in [-0.39, 0.29) is 4.90 Å². The molecular formula is C11H13N3O2S2. The lowest BCUT2D eigenvalue weighted by Crippen LogP contribution is -2.12. The van der Waals surface area contributed by atoms with Crippen LogP contribution >= 0.6 is 11.3 Å². The summed E-state index contributed by atoms with van der Waals surface area (Å²) in [5.74, 6) is 0. The van der Waals surface area contributed by atoms with Gasteiger partial charge in [0.25, 0.3) is 10.0 Å². The first-order valence-corrected chi connectivity index (χ1v) is 7.60. The minimum absolute atomic E-state index is 0.238. The van der Waals surface area contributed by atoms with Crippen molar-refractivity contribution in [3.05, 3.63) is 40.3 Å². The van der Waals surface area contributed by atoms with Crippen LogP contribution in [0, 0.1) is 6.92 Å². The number of nitrogens with one attached hydrogen (secondary N) is 1. The van der Waals surface area contributed by atoms with Gasteiger partial charge in [-0.3, -0.25) is 9.71 Å². The summed E-state index contributed by atoms with van der Waals surface area (Å²) in [7, 11) is -3.54. The maximum absolute atomic E-state index is 12.1. The van der Waals surface area contributed by atoms with Gasteiger partial charge in [0.2, 0.25) is 0 Å². The van der Waals surface area contributed by atoms with E-state index in [9.17, 15) is 8.42 Å². The quantitative estimate of drug-likeness (QED) is 0.894. The zero-order chi connectivity index (χ0) is 13.2. The van der Waals surface area contributed by atoms with Crippen molar-refractivity contribution in [2.45, 2.75) is 18.4 Å². The summed E-state index contributed by atoms with van der Waals surface area (Å²) in [6.45, 7) is 2.14. The van der Waals surface area contributed by atoms with Gasteiger partial charge in [0.15, 0.2) is 0 Å². The summed E-state index contributed by atoms with van der Waals surface area (Å²) in [6, 6.07) is 4.87. The van der Waals surface area contributed by atoms with E-state index >= 15 is 0 Å². The Balaban J connectivity index is 2.27. The largest absolute Gasteiger partial charge is 0.326 e. The zero-order valence-electron chi connectivity index (χ0n) is 9.75. The van der Waals surface area contributed by atoms with Crippen LogP contribution in [0.4, 0.5) is 5.69 Å². The summed E-state index contributed by atoms with van der Waals surface area (Å²) in [6.07, 6.45) is 1.56. The Morgan fingerprint density at radius 3 is 2.83 bits per heavy atom. The van der Waals surface area contributed by atoms with Crippen molar-refractivity contribution in [2.75, 3.05) is 4.72 Å². The lowest BCUT2D eigenvalue weighted by atomic mass is 10.3. The van der Waals surface area contributed by atoms with Crippen molar-refractivity contribution in [1.29, 1.82) is 0 Å². The molecule has 3 N–H and O–H groups in total. The van der Waals surface area contributed by atoms with Crippen molar-refractivity contribution in [2.24, 2.45) is 5.73 Å². The smallest absolute Gasteiger partial charge is 0.262 e. The Morgan fingerprint density at radius 2 is 2.22 bits per heavy atom. The van der Waals surface area contributed by atoms with Crippen LogP contribution in [0.2, 0.25) is 0 Å². The van der Waals surface area contributed by atoms with E-state index in [0.717, 1.165) is 10.6 Å². The summed E-state index contributed by atoms with van der Waals surface area (Å²) in [4.78, 5) is 5.08. The van der Waals surface area contributed by atoms with Crippen LogP contribution in [0.25, 0.3) is 0 Å². The number of aromatic nitrogens is 1. The van der Waals surface area contributed by atoms with Gasteiger partial charge < -0.3 is 5.73 Å². The van der Waals surface area contributed by atoms with Gasteiger partial charge in [0.1, 0.15) is 0 Å². The van der Waals surface area contributed by atoms with Crippen molar-refractivity contribution in [3.63, 3.8) is 0 Å². The van der Waals surface area contributed by atoms with E-state index < -0.39 is 10.0 Å². The summed E-state index contributed by atoms with van der Waals surface area (Å²) >= 11 is 1.33. The molecule has 0 fully saturated rings. The number of anilines is 1. The molecule has 2 aromatic rings. The van der Waals surface area contributed by atoms with Gasteiger partial charge in [-0.15, -0.1) is 11.3 Å². The normalized spacial score (nSPS) is 11.4. The Kier molecular flexibility index (Phi) is 3.65. The second kappa shape index (κ2) is 5.05. The molecule has 7 heteroatoms. The van der Waals surface area contributed by atoms with E-state index in [1.54, 1.807) is 36.7 Å². The van der Waals surface area contributed by atoms with E-state index in [4.69, 9.17) is 5.73 Å². The van der Waals surface area contributed by atoms with Gasteiger partial charge in [0.05, 0.1) is 10.6 Å². The first kappa shape index (κ1) is 13.0. The van der Waals surface area contributed by atoms with Gasteiger partial charge in [-0.25, -0.2) is 8.42 Å². The number of rotatable bonds is 4. The third-order valence-electron chi connectivity index (χ3n) is 2.29. The average molecular weight is 283 g/mol. The molecule has 5 nitrogen and oxygen atoms in total. The van der Waals surface area contributed by atoms with E-state index in [1.165, 1.54) is 11.3 Å². The molecule has 0 spiro atoms. The molecule has 2 heterocycles. The van der Waals surface area contributed by atoms with Crippen molar-refractivity contribution >= 4 is 27.0 Å². The Bertz CT molecular complexity index is 650. The molecule has 0 radical (unpaired) electrons. The summed E-state index contributed by atoms with van der Waals surface area (Å²) in [5, 5.41) is 1.58. The lowest BCUT2D eigenvalue weighted by molar-refractivity contribution is 0.601. The number of hydrogen-bond acceptors (Lipinski definition) is 5. The predicted octanol–water partition coefficient (Wildman–Crippen LogP) is 1.71. The molecule has 0 unspecified atom stereocenters. The zero-order valence-corrected chi connectivity index (χ0v) is 11.4. The Labute approximate surface area is 110 Å². The summed E-state index contributed by atoms with van der Waals surface area (Å²) < 4.78 is 26.7. The first-order valence-electron chi connectivity index (χ1n) is 5.24. The molecule has 0 atom stereocenters. The molecular weight excluding hydrogens is 270 g/mol. The first-order chi connectivity index (χ1) is 8.51. The second-order valence-corrected chi connectivity index (χ2v) is 6.42. The van der Waals surface area contributed by atoms with E-state index in [2.05, 4.69) is 9.71 Å². The van der Waals surface area contributed by atoms with Gasteiger partial charge in [-0.05, 0) is 25.1 Å². The second-order valence-electron chi connectivity index (χ2n) is 3.74. The van der Waals surface area contributed by atoms with Crippen molar-refractivity contribution < 1.29 is 8.42 Å². The van der Waals surface area contributed by atoms with Gasteiger partial charge in [0, 0.05) is 28.7 Å². The number of pyridine rings is 1. The minimum Gasteiger partial charge on any atom is -0.326 e. The van der Waals surface area contributed by atoms with Gasteiger partial charge in [-0.1, -0.05) is 0 Å². The highest BCUT2D eigenvalue weighted by Crippen LogP contribution is 2.21. The monoisotopic (exact) mass is 283 g/mol. The third-order valence-corrected chi connectivity index (χ3v) is 4.76. The minimum atomic E-state index is -3.54. The van der Waals surface area contributed by atoms with Crippen LogP contribution in [0.5, 0.6) is 0 Å². The lowest BCUT2D eigenvalue weighted by Gasteiger charge is -2.06. The number of nitrogens with two attached hydrogens (primary N) is 1. The average Bonchev–Trinajstić information content (AvgIpc) is 2.77. The summed E-state index contributed by atoms with van der Waals surface area (Å²) in [5.41, 5.74) is 6.72. The fourth-order valence-electron chi connectivity index (χ4n) is 1.43. The van der Waals surface area contributed by atoms with E-state index in [1.807, 2.05) is 0 Å². The number of hydrogen-bond donors (Lipinski definition) is 2. The molecule has 96 valence electrons. The molecule has 0 aromatic carbocycles. The highest BCUT2D eigenvalue weighted by molar-refractivity contribution is 7.92. The third kappa shape index (κ3) is 2.87. The Morgan fingerprint density at radius 1 is 1.44 bits per heavy atom. The fourth-order valence-corrected chi connectivity index (χ4v) is 3.64. The van der Waals surface area contributed by atoms with Gasteiger partial charge in [-0.2, -0.15) is 0 Å². The maximum atomic E-state index is 12.1. The van der Waals surface area contributed by atoms with Crippen LogP contribution in [-0.2, 0) is 16.6 Å². The van der Waals surface area contributed by atoms with Crippen LogP contribution in [-0.4, -0.2) is 13.4 Å². The molecule has 18 heavy (non-hydrogen) atoms. The fraction of sp³-hybridized carbons (Fsp3) is 0.182. The van der Waals surface area contributed by atoms with Crippen LogP contribution in [0.1, 0.15) is 10.6 Å². The predicted molar refractivity (Wildman–Crippen MR) is 72.0 cm³/mol. The molecule has 0 saturated carbocycles. The Hall–Kier alpha value is -1.44. The molecule has 0 aliphatic rings. The number of thiophene rings is 1. The molecule has 0 aliphatic heterocycles. The highest BCUT2D eigenvalue weighted by atomic mass is 32.2. The maximum Gasteiger partial charge on any atom is 0.262 e. The molecule has 0 aliphatic carbocycles. The van der Waals surface area contributed by atoms with Crippen molar-refractivity contribution in [1.82, 2.24) is 4.98 Å². The number of sulfonamides is 1. The number of nitrogens with zero attached hydrogens (tertiary/aromatic N) is 1. The van der Waals surface area contributed by atoms with E-state index in [0.29, 0.717) is 12.2 Å². The topological polar surface area (TPSA) is 85.1 Å². The molecule has 0 saturated heterocycles. The van der Waals surface area contributed by atoms with Crippen LogP contribution in [0.3, 0.4) is 0 Å². The van der Waals surface area contributed by atoms with Crippen LogP contribution in [0.15, 0.2) is 34.7 Å². The van der Waals surface area contributed by atoms with Crippen LogP contribution < -0.4 is 10.5 Å². The van der Waals surface area contributed by atoms with Crippen molar-refractivity contribution in [3.8, 4) is 0 Å². The highest BCUT2D eigenvalue weighted by Gasteiger charge is 2.16. The molecule has 2 rings (SSSR count). The standard InChI is InChI=1S/C11H13N3O2S2/c1-8-4-9(2-3-13-8)14-18(15,16)11-5-10(6-12)17-7-11/h2-5,7H,6,12H2,1H3,(H,13,14). The molecule has 0 bridgehead atoms. The number of aryl methyl sites for hydroxylation is 1. The van der Waals surface area contributed by atoms with Gasteiger partial charge >= 0.3 is 0 Å². The SMILES string of the molecule is Cc1cc(NS(=O)(=O)c2csc(CN)c2)ccn1.